The normalized spacial score (nSPS) is 14.9. The van der Waals surface area contributed by atoms with Crippen LogP contribution in [0.1, 0.15) is 18.1 Å². The van der Waals surface area contributed by atoms with Crippen LogP contribution in [0.3, 0.4) is 0 Å². The summed E-state index contributed by atoms with van der Waals surface area (Å²) in [6.45, 7) is 3.91. The molecule has 0 saturated heterocycles. The minimum absolute atomic E-state index is 0.418. The van der Waals surface area contributed by atoms with Crippen molar-refractivity contribution in [2.45, 2.75) is 13.8 Å². The van der Waals surface area contributed by atoms with Gasteiger partial charge in [-0.05, 0) is 26.0 Å². The number of methoxy groups -OCH3 is 1. The summed E-state index contributed by atoms with van der Waals surface area (Å²) in [4.78, 5) is 0. The number of halogens is 1. The molecule has 16 heavy (non-hydrogen) atoms. The van der Waals surface area contributed by atoms with Crippen molar-refractivity contribution in [2.75, 3.05) is 7.11 Å². The van der Waals surface area contributed by atoms with Crippen molar-refractivity contribution in [3.63, 3.8) is 0 Å². The molecule has 0 spiro atoms. The first-order valence-electron chi connectivity index (χ1n) is 4.94. The molecule has 0 atom stereocenters. The summed E-state index contributed by atoms with van der Waals surface area (Å²) in [7, 11) is 1.64. The van der Waals surface area contributed by atoms with Crippen LogP contribution in [0.5, 0.6) is 5.75 Å². The minimum Gasteiger partial charge on any atom is -0.496 e. The predicted molar refractivity (Wildman–Crippen MR) is 65.7 cm³/mol. The van der Waals surface area contributed by atoms with Gasteiger partial charge in [0.05, 0.1) is 12.8 Å². The average molecular weight is 236 g/mol. The first kappa shape index (κ1) is 11.0. The highest BCUT2D eigenvalue weighted by atomic mass is 35.5. The van der Waals surface area contributed by atoms with Gasteiger partial charge in [0.2, 0.25) is 0 Å². The molecule has 1 aliphatic rings. The third-order valence-corrected chi connectivity index (χ3v) is 2.74. The summed E-state index contributed by atoms with van der Waals surface area (Å²) >= 11 is 6.03. The number of nitrogens with zero attached hydrogens (tertiary/aromatic N) is 2. The molecule has 0 bridgehead atoms. The van der Waals surface area contributed by atoms with E-state index in [1.54, 1.807) is 7.11 Å². The lowest BCUT2D eigenvalue weighted by atomic mass is 10.0. The van der Waals surface area contributed by atoms with E-state index in [0.29, 0.717) is 5.17 Å². The van der Waals surface area contributed by atoms with Gasteiger partial charge in [-0.1, -0.05) is 23.2 Å². The molecule has 1 aromatic carbocycles. The highest BCUT2D eigenvalue weighted by molar-refractivity contribution is 6.76. The summed E-state index contributed by atoms with van der Waals surface area (Å²) in [6, 6.07) is 5.94. The average Bonchev–Trinajstić information content (AvgIpc) is 2.58. The van der Waals surface area contributed by atoms with Gasteiger partial charge in [0.1, 0.15) is 5.75 Å². The molecule has 0 fully saturated rings. The van der Waals surface area contributed by atoms with E-state index in [4.69, 9.17) is 16.3 Å². The van der Waals surface area contributed by atoms with Crippen LogP contribution in [-0.4, -0.2) is 12.3 Å². The Morgan fingerprint density at radius 3 is 2.56 bits per heavy atom. The van der Waals surface area contributed by atoms with Crippen molar-refractivity contribution >= 4 is 22.3 Å². The molecule has 1 heterocycles. The number of rotatable bonds is 2. The van der Waals surface area contributed by atoms with Crippen LogP contribution >= 0.6 is 11.6 Å². The number of hydrogen-bond acceptors (Lipinski definition) is 2. The van der Waals surface area contributed by atoms with Crippen molar-refractivity contribution in [2.24, 2.45) is 5.10 Å². The lowest BCUT2D eigenvalue weighted by Gasteiger charge is -2.10. The topological polar surface area (TPSA) is 35.7 Å². The Balaban J connectivity index is 2.59. The van der Waals surface area contributed by atoms with E-state index in [1.807, 2.05) is 32.0 Å². The fourth-order valence-corrected chi connectivity index (χ4v) is 1.97. The van der Waals surface area contributed by atoms with Gasteiger partial charge in [-0.3, -0.25) is 0 Å². The third kappa shape index (κ3) is 1.78. The molecule has 0 saturated carbocycles. The molecular weight excluding hydrogens is 224 g/mol. The van der Waals surface area contributed by atoms with E-state index in [0.717, 1.165) is 28.1 Å². The van der Waals surface area contributed by atoms with Gasteiger partial charge < -0.3 is 4.74 Å². The zero-order valence-corrected chi connectivity index (χ0v) is 10.2. The SMILES string of the molecule is COc1ccc(C)cc1C1=C(C)[N]N=C1Cl. The Bertz CT molecular complexity index is 492. The van der Waals surface area contributed by atoms with Crippen LogP contribution in [0.15, 0.2) is 29.0 Å². The van der Waals surface area contributed by atoms with Gasteiger partial charge in [0, 0.05) is 11.1 Å². The summed E-state index contributed by atoms with van der Waals surface area (Å²) in [6.07, 6.45) is 0. The van der Waals surface area contributed by atoms with Gasteiger partial charge in [-0.15, -0.1) is 5.10 Å². The number of aryl methyl sites for hydroxylation is 1. The minimum atomic E-state index is 0.418. The molecule has 0 unspecified atom stereocenters. The monoisotopic (exact) mass is 235 g/mol. The molecule has 1 aromatic rings. The zero-order chi connectivity index (χ0) is 11.7. The largest absolute Gasteiger partial charge is 0.496 e. The van der Waals surface area contributed by atoms with E-state index in [1.165, 1.54) is 0 Å². The molecule has 1 aliphatic heterocycles. The number of benzene rings is 1. The maximum Gasteiger partial charge on any atom is 0.161 e. The first-order chi connectivity index (χ1) is 7.63. The Labute approximate surface area is 99.8 Å². The molecule has 2 rings (SSSR count). The molecule has 0 aliphatic carbocycles. The Morgan fingerprint density at radius 2 is 2.00 bits per heavy atom. The lowest BCUT2D eigenvalue weighted by Crippen LogP contribution is -1.97. The summed E-state index contributed by atoms with van der Waals surface area (Å²) < 4.78 is 5.32. The maximum absolute atomic E-state index is 6.03. The van der Waals surface area contributed by atoms with E-state index in [-0.39, 0.29) is 0 Å². The van der Waals surface area contributed by atoms with Crippen LogP contribution in [0, 0.1) is 6.92 Å². The fourth-order valence-electron chi connectivity index (χ4n) is 1.69. The number of ether oxygens (including phenoxy) is 1. The fraction of sp³-hybridized carbons (Fsp3) is 0.250. The van der Waals surface area contributed by atoms with E-state index in [2.05, 4.69) is 10.5 Å². The van der Waals surface area contributed by atoms with E-state index < -0.39 is 0 Å². The molecule has 3 nitrogen and oxygen atoms in total. The molecular formula is C12H12ClN2O. The van der Waals surface area contributed by atoms with Gasteiger partial charge in [-0.25, -0.2) is 0 Å². The van der Waals surface area contributed by atoms with Crippen molar-refractivity contribution in [1.29, 1.82) is 0 Å². The lowest BCUT2D eigenvalue weighted by molar-refractivity contribution is 0.413. The number of allylic oxidation sites excluding steroid dienone is 2. The standard InChI is InChI=1S/C12H12ClN2O/c1-7-4-5-10(16-3)9(6-7)11-8(2)14-15-12(11)13/h4-6H,1-3H3. The second-order valence-corrected chi connectivity index (χ2v) is 4.01. The molecule has 0 aromatic heterocycles. The quantitative estimate of drug-likeness (QED) is 0.776. The van der Waals surface area contributed by atoms with Crippen LogP contribution in [0.2, 0.25) is 0 Å². The summed E-state index contributed by atoms with van der Waals surface area (Å²) in [5.74, 6) is 0.783. The van der Waals surface area contributed by atoms with Crippen molar-refractivity contribution in [1.82, 2.24) is 5.43 Å². The predicted octanol–water partition coefficient (Wildman–Crippen LogP) is 2.90. The molecule has 1 radical (unpaired) electrons. The Morgan fingerprint density at radius 1 is 1.25 bits per heavy atom. The molecule has 4 heteroatoms. The highest BCUT2D eigenvalue weighted by Crippen LogP contribution is 2.33. The van der Waals surface area contributed by atoms with Gasteiger partial charge in [0.15, 0.2) is 5.17 Å². The highest BCUT2D eigenvalue weighted by Gasteiger charge is 2.21. The van der Waals surface area contributed by atoms with E-state index in [9.17, 15) is 0 Å². The summed E-state index contributed by atoms with van der Waals surface area (Å²) in [5.41, 5.74) is 7.71. The van der Waals surface area contributed by atoms with Gasteiger partial charge in [-0.2, -0.15) is 5.43 Å². The number of hydrogen-bond donors (Lipinski definition) is 0. The van der Waals surface area contributed by atoms with Gasteiger partial charge >= 0.3 is 0 Å². The second kappa shape index (κ2) is 4.18. The smallest absolute Gasteiger partial charge is 0.161 e. The van der Waals surface area contributed by atoms with Gasteiger partial charge in [0.25, 0.3) is 0 Å². The van der Waals surface area contributed by atoms with Crippen molar-refractivity contribution in [3.8, 4) is 5.75 Å². The van der Waals surface area contributed by atoms with Crippen LogP contribution in [0.4, 0.5) is 0 Å². The van der Waals surface area contributed by atoms with Crippen LogP contribution in [0.25, 0.3) is 5.57 Å². The zero-order valence-electron chi connectivity index (χ0n) is 9.41. The summed E-state index contributed by atoms with van der Waals surface area (Å²) in [5, 5.41) is 4.28. The van der Waals surface area contributed by atoms with E-state index >= 15 is 0 Å². The molecule has 0 amide bonds. The van der Waals surface area contributed by atoms with Crippen LogP contribution in [-0.2, 0) is 0 Å². The van der Waals surface area contributed by atoms with Crippen LogP contribution < -0.4 is 10.2 Å². The van der Waals surface area contributed by atoms with Crippen molar-refractivity contribution in [3.05, 3.63) is 35.0 Å². The maximum atomic E-state index is 6.03. The second-order valence-electron chi connectivity index (χ2n) is 3.65. The van der Waals surface area contributed by atoms with Crippen molar-refractivity contribution < 1.29 is 4.74 Å². The molecule has 0 N–H and O–H groups in total. The Kier molecular flexibility index (Phi) is 2.88. The third-order valence-electron chi connectivity index (χ3n) is 2.48. The Hall–Kier alpha value is -1.48. The molecule has 83 valence electrons. The first-order valence-corrected chi connectivity index (χ1v) is 5.31.